The smallest absolute Gasteiger partial charge is 0.344 e. The maximum atomic E-state index is 13.0. The molecule has 0 spiro atoms. The third-order valence-electron chi connectivity index (χ3n) is 3.96. The lowest BCUT2D eigenvalue weighted by molar-refractivity contribution is -0.139. The first-order valence-corrected chi connectivity index (χ1v) is 7.99. The van der Waals surface area contributed by atoms with E-state index in [1.807, 2.05) is 0 Å². The number of benzene rings is 1. The maximum Gasteiger partial charge on any atom is 0.416 e. The highest BCUT2D eigenvalue weighted by Gasteiger charge is 2.36. The fourth-order valence-corrected chi connectivity index (χ4v) is 2.77. The molecule has 0 aliphatic carbocycles. The number of carbonyl (C=O) groups excluding carboxylic acids is 3. The van der Waals surface area contributed by atoms with Crippen LogP contribution in [0.4, 0.5) is 13.2 Å². The molecule has 0 radical (unpaired) electrons. The zero-order valence-corrected chi connectivity index (χ0v) is 13.7. The molecule has 8 heteroatoms. The van der Waals surface area contributed by atoms with Crippen LogP contribution in [0.3, 0.4) is 0 Å². The van der Waals surface area contributed by atoms with E-state index in [0.717, 1.165) is 6.07 Å². The summed E-state index contributed by atoms with van der Waals surface area (Å²) < 4.78 is 39.1. The fraction of sp³-hybridized carbons (Fsp3) is 0.471. The minimum atomic E-state index is -4.50. The van der Waals surface area contributed by atoms with Gasteiger partial charge >= 0.3 is 6.18 Å². The first kappa shape index (κ1) is 19.0. The van der Waals surface area contributed by atoms with Crippen LogP contribution in [-0.4, -0.2) is 35.1 Å². The average molecular weight is 356 g/mol. The molecule has 1 aromatic carbocycles. The molecular formula is C17H19F3N2O3. The minimum Gasteiger partial charge on any atom is -0.344 e. The summed E-state index contributed by atoms with van der Waals surface area (Å²) in [5.74, 6) is -1.67. The van der Waals surface area contributed by atoms with Crippen molar-refractivity contribution in [1.29, 1.82) is 0 Å². The number of carbonyl (C=O) groups is 3. The molecule has 1 aliphatic heterocycles. The summed E-state index contributed by atoms with van der Waals surface area (Å²) in [6, 6.07) is 4.50. The third-order valence-corrected chi connectivity index (χ3v) is 3.96. The number of nitrogens with zero attached hydrogens (tertiary/aromatic N) is 1. The Balaban J connectivity index is 2.03. The van der Waals surface area contributed by atoms with Crippen molar-refractivity contribution in [1.82, 2.24) is 10.2 Å². The molecule has 136 valence electrons. The van der Waals surface area contributed by atoms with Crippen molar-refractivity contribution in [3.63, 3.8) is 0 Å². The lowest BCUT2D eigenvalue weighted by Gasteiger charge is -2.20. The number of ketones is 1. The van der Waals surface area contributed by atoms with Crippen molar-refractivity contribution in [2.24, 2.45) is 0 Å². The quantitative estimate of drug-likeness (QED) is 0.796. The van der Waals surface area contributed by atoms with Gasteiger partial charge in [0.05, 0.1) is 11.6 Å². The number of hydrogen-bond donors (Lipinski definition) is 1. The highest BCUT2D eigenvalue weighted by atomic mass is 19.4. The van der Waals surface area contributed by atoms with Gasteiger partial charge < -0.3 is 10.2 Å². The van der Waals surface area contributed by atoms with E-state index in [0.29, 0.717) is 6.42 Å². The highest BCUT2D eigenvalue weighted by molar-refractivity contribution is 6.36. The molecule has 0 saturated carbocycles. The van der Waals surface area contributed by atoms with E-state index in [1.165, 1.54) is 23.1 Å². The van der Waals surface area contributed by atoms with Crippen LogP contribution in [0.15, 0.2) is 24.3 Å². The van der Waals surface area contributed by atoms with Gasteiger partial charge in [-0.25, -0.2) is 0 Å². The Morgan fingerprint density at radius 2 is 1.96 bits per heavy atom. The summed E-state index contributed by atoms with van der Waals surface area (Å²) in [5, 5.41) is 2.48. The van der Waals surface area contributed by atoms with Gasteiger partial charge in [-0.2, -0.15) is 13.2 Å². The first-order valence-electron chi connectivity index (χ1n) is 7.99. The Labute approximate surface area is 143 Å². The molecule has 0 aromatic heterocycles. The number of likely N-dealkylation sites (tertiary alicyclic amines) is 1. The van der Waals surface area contributed by atoms with Gasteiger partial charge in [-0.1, -0.05) is 25.1 Å². The second-order valence-electron chi connectivity index (χ2n) is 5.98. The van der Waals surface area contributed by atoms with E-state index in [4.69, 9.17) is 0 Å². The Kier molecular flexibility index (Phi) is 5.81. The highest BCUT2D eigenvalue weighted by Crippen LogP contribution is 2.32. The van der Waals surface area contributed by atoms with Crippen LogP contribution in [0.1, 0.15) is 37.3 Å². The van der Waals surface area contributed by atoms with Gasteiger partial charge in [0.1, 0.15) is 0 Å². The number of halogens is 3. The van der Waals surface area contributed by atoms with Gasteiger partial charge in [0.2, 0.25) is 11.7 Å². The Hall–Kier alpha value is -2.38. The summed E-state index contributed by atoms with van der Waals surface area (Å²) in [5.41, 5.74) is -0.786. The van der Waals surface area contributed by atoms with E-state index in [-0.39, 0.29) is 37.4 Å². The molecule has 5 nitrogen and oxygen atoms in total. The summed E-state index contributed by atoms with van der Waals surface area (Å²) in [4.78, 5) is 36.5. The molecule has 1 aromatic rings. The van der Waals surface area contributed by atoms with Gasteiger partial charge in [0.25, 0.3) is 5.91 Å². The maximum absolute atomic E-state index is 13.0. The number of alkyl halides is 3. The number of hydrogen-bond acceptors (Lipinski definition) is 3. The summed E-state index contributed by atoms with van der Waals surface area (Å²) in [6.45, 7) is 1.66. The normalized spacial score (nSPS) is 17.7. The molecular weight excluding hydrogens is 337 g/mol. The second-order valence-corrected chi connectivity index (χ2v) is 5.98. The predicted molar refractivity (Wildman–Crippen MR) is 83.3 cm³/mol. The van der Waals surface area contributed by atoms with E-state index < -0.39 is 29.5 Å². The van der Waals surface area contributed by atoms with Gasteiger partial charge in [-0.3, -0.25) is 14.4 Å². The molecule has 1 heterocycles. The summed E-state index contributed by atoms with van der Waals surface area (Å²) >= 11 is 0. The van der Waals surface area contributed by atoms with Gasteiger partial charge in [0, 0.05) is 25.9 Å². The topological polar surface area (TPSA) is 66.5 Å². The molecule has 2 rings (SSSR count). The van der Waals surface area contributed by atoms with Crippen LogP contribution in [0.5, 0.6) is 0 Å². The monoisotopic (exact) mass is 356 g/mol. The van der Waals surface area contributed by atoms with E-state index in [9.17, 15) is 27.6 Å². The van der Waals surface area contributed by atoms with E-state index in [1.54, 1.807) is 6.92 Å². The van der Waals surface area contributed by atoms with Crippen LogP contribution in [0.2, 0.25) is 0 Å². The third kappa shape index (κ3) is 4.80. The van der Waals surface area contributed by atoms with Crippen LogP contribution in [-0.2, 0) is 27.1 Å². The lowest BCUT2D eigenvalue weighted by Crippen LogP contribution is -2.40. The molecule has 1 N–H and O–H groups in total. The second kappa shape index (κ2) is 7.67. The van der Waals surface area contributed by atoms with Gasteiger partial charge in [-0.05, 0) is 18.1 Å². The SMILES string of the molecule is CCCC(=O)C(=O)N[C@@H]1CC(=O)N(Cc2ccccc2C(F)(F)F)C1. The van der Waals surface area contributed by atoms with Crippen molar-refractivity contribution < 1.29 is 27.6 Å². The van der Waals surface area contributed by atoms with Crippen LogP contribution < -0.4 is 5.32 Å². The Bertz CT molecular complexity index is 673. The standard InChI is InChI=1S/C17H19F3N2O3/c1-2-5-14(23)16(25)21-12-8-15(24)22(10-12)9-11-6-3-4-7-13(11)17(18,19)20/h3-4,6-7,12H,2,5,8-10H2,1H3,(H,21,25)/t12-/m1/s1. The molecule has 1 fully saturated rings. The molecule has 2 amide bonds. The summed E-state index contributed by atoms with van der Waals surface area (Å²) in [7, 11) is 0. The molecule has 1 saturated heterocycles. The van der Waals surface area contributed by atoms with Crippen LogP contribution in [0.25, 0.3) is 0 Å². The minimum absolute atomic E-state index is 0.00242. The Morgan fingerprint density at radius 3 is 2.60 bits per heavy atom. The van der Waals surface area contributed by atoms with Gasteiger partial charge in [0.15, 0.2) is 0 Å². The molecule has 0 unspecified atom stereocenters. The fourth-order valence-electron chi connectivity index (χ4n) is 2.77. The van der Waals surface area contributed by atoms with E-state index in [2.05, 4.69) is 5.32 Å². The molecule has 1 atom stereocenters. The number of rotatable bonds is 6. The van der Waals surface area contributed by atoms with Crippen molar-refractivity contribution in [2.75, 3.05) is 6.54 Å². The predicted octanol–water partition coefficient (Wildman–Crippen LogP) is 2.29. The van der Waals surface area contributed by atoms with Crippen LogP contribution in [0, 0.1) is 0 Å². The van der Waals surface area contributed by atoms with Crippen molar-refractivity contribution in [3.8, 4) is 0 Å². The average Bonchev–Trinajstić information content (AvgIpc) is 2.86. The van der Waals surface area contributed by atoms with Gasteiger partial charge in [-0.15, -0.1) is 0 Å². The lowest BCUT2D eigenvalue weighted by atomic mass is 10.1. The van der Waals surface area contributed by atoms with Crippen LogP contribution >= 0.6 is 0 Å². The zero-order chi connectivity index (χ0) is 18.6. The Morgan fingerprint density at radius 1 is 1.28 bits per heavy atom. The molecule has 0 bridgehead atoms. The van der Waals surface area contributed by atoms with Crippen molar-refractivity contribution in [2.45, 2.75) is 44.9 Å². The van der Waals surface area contributed by atoms with Crippen molar-refractivity contribution in [3.05, 3.63) is 35.4 Å². The number of Topliss-reactive ketones (excluding diaryl/α,β-unsaturated/α-hetero) is 1. The first-order chi connectivity index (χ1) is 11.7. The summed E-state index contributed by atoms with van der Waals surface area (Å²) in [6.07, 6.45) is -3.87. The van der Waals surface area contributed by atoms with E-state index >= 15 is 0 Å². The molecule has 25 heavy (non-hydrogen) atoms. The number of nitrogens with one attached hydrogen (secondary N) is 1. The number of amides is 2. The zero-order valence-electron chi connectivity index (χ0n) is 13.7. The largest absolute Gasteiger partial charge is 0.416 e. The van der Waals surface area contributed by atoms with Crippen molar-refractivity contribution >= 4 is 17.6 Å². The molecule has 1 aliphatic rings.